The van der Waals surface area contributed by atoms with Gasteiger partial charge in [-0.15, -0.1) is 0 Å². The van der Waals surface area contributed by atoms with Gasteiger partial charge in [0.05, 0.1) is 24.9 Å². The maximum absolute atomic E-state index is 12.9. The summed E-state index contributed by atoms with van der Waals surface area (Å²) >= 11 is 6.14. The number of nitrogens with zero attached hydrogens (tertiary/aromatic N) is 1. The van der Waals surface area contributed by atoms with Crippen LogP contribution in [0.1, 0.15) is 18.9 Å². The highest BCUT2D eigenvalue weighted by molar-refractivity contribution is 6.32. The largest absolute Gasteiger partial charge is 0.495 e. The number of hydrogen-bond donors (Lipinski definition) is 2. The van der Waals surface area contributed by atoms with Crippen molar-refractivity contribution in [1.82, 2.24) is 0 Å². The van der Waals surface area contributed by atoms with Crippen LogP contribution in [0.2, 0.25) is 5.02 Å². The van der Waals surface area contributed by atoms with E-state index in [1.807, 2.05) is 6.92 Å². The van der Waals surface area contributed by atoms with Crippen molar-refractivity contribution < 1.29 is 19.1 Å². The second kappa shape index (κ2) is 7.90. The first-order valence-electron chi connectivity index (χ1n) is 8.65. The van der Waals surface area contributed by atoms with E-state index in [0.717, 1.165) is 10.5 Å². The van der Waals surface area contributed by atoms with Crippen LogP contribution in [0.3, 0.4) is 0 Å². The molecule has 1 aliphatic rings. The molecule has 0 spiro atoms. The van der Waals surface area contributed by atoms with Crippen LogP contribution in [0, 0.1) is 6.92 Å². The van der Waals surface area contributed by atoms with Crippen molar-refractivity contribution in [2.24, 2.45) is 0 Å². The Morgan fingerprint density at radius 1 is 1.21 bits per heavy atom. The molecule has 0 bridgehead atoms. The zero-order valence-corrected chi connectivity index (χ0v) is 16.5. The van der Waals surface area contributed by atoms with Gasteiger partial charge in [0.1, 0.15) is 11.8 Å². The lowest BCUT2D eigenvalue weighted by Gasteiger charge is -2.18. The molecular formula is C20H20ClN3O4. The smallest absolute Gasteiger partial charge is 0.256 e. The van der Waals surface area contributed by atoms with Gasteiger partial charge in [0.2, 0.25) is 11.8 Å². The third kappa shape index (κ3) is 3.94. The number of anilines is 3. The van der Waals surface area contributed by atoms with Crippen molar-refractivity contribution in [2.45, 2.75) is 26.3 Å². The Morgan fingerprint density at radius 2 is 1.96 bits per heavy atom. The Labute approximate surface area is 167 Å². The summed E-state index contributed by atoms with van der Waals surface area (Å²) < 4.78 is 5.32. The van der Waals surface area contributed by atoms with E-state index in [9.17, 15) is 14.4 Å². The summed E-state index contributed by atoms with van der Waals surface area (Å²) in [7, 11) is 1.50. The summed E-state index contributed by atoms with van der Waals surface area (Å²) in [6.07, 6.45) is -0.00214. The van der Waals surface area contributed by atoms with Crippen molar-refractivity contribution >= 4 is 46.4 Å². The number of aryl methyl sites for hydroxylation is 1. The molecule has 0 radical (unpaired) electrons. The van der Waals surface area contributed by atoms with Gasteiger partial charge in [-0.3, -0.25) is 14.4 Å². The highest BCUT2D eigenvalue weighted by Gasteiger charge is 2.40. The maximum Gasteiger partial charge on any atom is 0.256 e. The fourth-order valence-corrected chi connectivity index (χ4v) is 3.20. The van der Waals surface area contributed by atoms with Crippen LogP contribution in [0.15, 0.2) is 36.4 Å². The van der Waals surface area contributed by atoms with Crippen LogP contribution < -0.4 is 20.3 Å². The van der Waals surface area contributed by atoms with Gasteiger partial charge in [-0.2, -0.15) is 0 Å². The van der Waals surface area contributed by atoms with Gasteiger partial charge in [-0.05, 0) is 42.8 Å². The Kier molecular flexibility index (Phi) is 5.56. The Hall–Kier alpha value is -3.06. The molecule has 1 saturated heterocycles. The van der Waals surface area contributed by atoms with E-state index in [-0.39, 0.29) is 24.1 Å². The quantitative estimate of drug-likeness (QED) is 0.750. The minimum absolute atomic E-state index is 0.00214. The van der Waals surface area contributed by atoms with Crippen molar-refractivity contribution in [3.05, 3.63) is 47.0 Å². The molecule has 8 heteroatoms. The Morgan fingerprint density at radius 3 is 2.61 bits per heavy atom. The van der Waals surface area contributed by atoms with Gasteiger partial charge >= 0.3 is 0 Å². The number of imide groups is 1. The summed E-state index contributed by atoms with van der Waals surface area (Å²) in [6.45, 7) is 3.25. The summed E-state index contributed by atoms with van der Waals surface area (Å²) in [6, 6.07) is 9.32. The molecule has 1 fully saturated rings. The average molecular weight is 402 g/mol. The highest BCUT2D eigenvalue weighted by Crippen LogP contribution is 2.32. The number of nitrogens with one attached hydrogen (secondary N) is 2. The lowest BCUT2D eigenvalue weighted by Crippen LogP contribution is -2.34. The van der Waals surface area contributed by atoms with Crippen molar-refractivity contribution in [1.29, 1.82) is 0 Å². The number of benzene rings is 2. The average Bonchev–Trinajstić information content (AvgIpc) is 2.91. The molecule has 1 heterocycles. The van der Waals surface area contributed by atoms with Crippen LogP contribution in [0.4, 0.5) is 17.1 Å². The van der Waals surface area contributed by atoms with Crippen molar-refractivity contribution in [3.63, 3.8) is 0 Å². The molecular weight excluding hydrogens is 382 g/mol. The second-order valence-electron chi connectivity index (χ2n) is 6.50. The number of ether oxygens (including phenoxy) is 1. The van der Waals surface area contributed by atoms with E-state index in [1.54, 1.807) is 36.4 Å². The van der Waals surface area contributed by atoms with E-state index in [2.05, 4.69) is 10.6 Å². The SMILES string of the molecule is COc1ccc(NC(C)=O)cc1N[C@@H]1CC(=O)N(c2ccc(C)c(Cl)c2)C1=O. The van der Waals surface area contributed by atoms with Gasteiger partial charge in [0.25, 0.3) is 5.91 Å². The topological polar surface area (TPSA) is 87.7 Å². The van der Waals surface area contributed by atoms with Gasteiger partial charge in [0, 0.05) is 17.6 Å². The molecule has 0 aliphatic carbocycles. The molecule has 0 aromatic heterocycles. The molecule has 0 unspecified atom stereocenters. The number of carbonyl (C=O) groups is 3. The zero-order chi connectivity index (χ0) is 20.4. The van der Waals surface area contributed by atoms with E-state index >= 15 is 0 Å². The Balaban J connectivity index is 1.85. The lowest BCUT2D eigenvalue weighted by atomic mass is 10.2. The minimum Gasteiger partial charge on any atom is -0.495 e. The molecule has 1 aliphatic heterocycles. The molecule has 146 valence electrons. The number of amides is 3. The predicted octanol–water partition coefficient (Wildman–Crippen LogP) is 3.36. The predicted molar refractivity (Wildman–Crippen MR) is 108 cm³/mol. The molecule has 3 rings (SSSR count). The van der Waals surface area contributed by atoms with Crippen LogP contribution in [0.25, 0.3) is 0 Å². The fourth-order valence-electron chi connectivity index (χ4n) is 3.03. The van der Waals surface area contributed by atoms with E-state index in [4.69, 9.17) is 16.3 Å². The van der Waals surface area contributed by atoms with Crippen molar-refractivity contribution in [2.75, 3.05) is 22.6 Å². The molecule has 2 N–H and O–H groups in total. The maximum atomic E-state index is 12.9. The molecule has 3 amide bonds. The third-order valence-electron chi connectivity index (χ3n) is 4.41. The monoisotopic (exact) mass is 401 g/mol. The molecule has 2 aromatic carbocycles. The molecule has 1 atom stereocenters. The van der Waals surface area contributed by atoms with Crippen LogP contribution in [-0.2, 0) is 14.4 Å². The summed E-state index contributed by atoms with van der Waals surface area (Å²) in [5, 5.41) is 6.22. The van der Waals surface area contributed by atoms with E-state index in [1.165, 1.54) is 14.0 Å². The minimum atomic E-state index is -0.756. The normalized spacial score (nSPS) is 16.3. The molecule has 0 saturated carbocycles. The third-order valence-corrected chi connectivity index (χ3v) is 4.82. The number of hydrogen-bond acceptors (Lipinski definition) is 5. The standard InChI is InChI=1S/C20H20ClN3O4/c1-11-4-6-14(9-15(11)21)24-19(26)10-17(20(24)27)23-16-8-13(22-12(2)25)5-7-18(16)28-3/h4-9,17,23H,10H2,1-3H3,(H,22,25)/t17-/m1/s1. The van der Waals surface area contributed by atoms with Crippen molar-refractivity contribution in [3.8, 4) is 5.75 Å². The fraction of sp³-hybridized carbons (Fsp3) is 0.250. The summed E-state index contributed by atoms with van der Waals surface area (Å²) in [5.41, 5.74) is 2.35. The van der Waals surface area contributed by atoms with Crippen LogP contribution >= 0.6 is 11.6 Å². The van der Waals surface area contributed by atoms with Gasteiger partial charge < -0.3 is 15.4 Å². The van der Waals surface area contributed by atoms with Gasteiger partial charge in [-0.1, -0.05) is 17.7 Å². The number of halogens is 1. The van der Waals surface area contributed by atoms with E-state index in [0.29, 0.717) is 27.8 Å². The molecule has 28 heavy (non-hydrogen) atoms. The lowest BCUT2D eigenvalue weighted by molar-refractivity contribution is -0.121. The number of carbonyl (C=O) groups excluding carboxylic acids is 3. The molecule has 7 nitrogen and oxygen atoms in total. The second-order valence-corrected chi connectivity index (χ2v) is 6.91. The van der Waals surface area contributed by atoms with Crippen LogP contribution in [-0.4, -0.2) is 30.9 Å². The first-order chi connectivity index (χ1) is 13.3. The first kappa shape index (κ1) is 19.7. The zero-order valence-electron chi connectivity index (χ0n) is 15.7. The number of methoxy groups -OCH3 is 1. The van der Waals surface area contributed by atoms with Gasteiger partial charge in [-0.25, -0.2) is 4.90 Å². The van der Waals surface area contributed by atoms with Crippen LogP contribution in [0.5, 0.6) is 5.75 Å². The summed E-state index contributed by atoms with van der Waals surface area (Å²) in [4.78, 5) is 37.8. The van der Waals surface area contributed by atoms with Gasteiger partial charge in [0.15, 0.2) is 0 Å². The Bertz CT molecular complexity index is 960. The summed E-state index contributed by atoms with van der Waals surface area (Å²) in [5.74, 6) is -0.423. The first-order valence-corrected chi connectivity index (χ1v) is 9.03. The number of rotatable bonds is 5. The van der Waals surface area contributed by atoms with E-state index < -0.39 is 6.04 Å². The highest BCUT2D eigenvalue weighted by atomic mass is 35.5. The molecule has 2 aromatic rings.